The molecule has 0 radical (unpaired) electrons. The Morgan fingerprint density at radius 3 is 2.70 bits per heavy atom. The third kappa shape index (κ3) is 5.14. The molecule has 3 rings (SSSR count). The summed E-state index contributed by atoms with van der Waals surface area (Å²) in [5.74, 6) is 0.00183. The highest BCUT2D eigenvalue weighted by molar-refractivity contribution is 7.09. The van der Waals surface area contributed by atoms with Crippen LogP contribution in [0.4, 0.5) is 0 Å². The first-order valence-corrected chi connectivity index (χ1v) is 10.1. The number of hydrogen-bond acceptors (Lipinski definition) is 5. The number of likely N-dealkylation sites (N-methyl/N-ethyl adjacent to an activating group) is 1. The molecule has 1 aliphatic rings. The molecule has 0 saturated carbocycles. The number of aryl methyl sites for hydroxylation is 1. The predicted octanol–water partition coefficient (Wildman–Crippen LogP) is 1.50. The Morgan fingerprint density at radius 1 is 1.26 bits per heavy atom. The van der Waals surface area contributed by atoms with Crippen molar-refractivity contribution in [2.24, 2.45) is 0 Å². The molecule has 2 heterocycles. The maximum absolute atomic E-state index is 12.7. The van der Waals surface area contributed by atoms with E-state index < -0.39 is 0 Å². The first-order chi connectivity index (χ1) is 13.1. The third-order valence-corrected chi connectivity index (χ3v) is 5.74. The highest BCUT2D eigenvalue weighted by Gasteiger charge is 2.33. The number of hydrogen-bond donors (Lipinski definition) is 1. The lowest BCUT2D eigenvalue weighted by molar-refractivity contribution is -0.137. The molecule has 7 heteroatoms. The van der Waals surface area contributed by atoms with Crippen molar-refractivity contribution in [3.05, 3.63) is 52.0 Å². The van der Waals surface area contributed by atoms with Gasteiger partial charge in [-0.05, 0) is 18.9 Å². The zero-order chi connectivity index (χ0) is 19.2. The Balaban J connectivity index is 1.61. The van der Waals surface area contributed by atoms with Crippen LogP contribution >= 0.6 is 11.3 Å². The highest BCUT2D eigenvalue weighted by Crippen LogP contribution is 2.15. The second-order valence-electron chi connectivity index (χ2n) is 6.78. The van der Waals surface area contributed by atoms with Gasteiger partial charge in [0.15, 0.2) is 0 Å². The number of amides is 2. The van der Waals surface area contributed by atoms with Gasteiger partial charge >= 0.3 is 0 Å². The fourth-order valence-corrected chi connectivity index (χ4v) is 4.02. The van der Waals surface area contributed by atoms with Crippen LogP contribution in [0.15, 0.2) is 35.7 Å². The van der Waals surface area contributed by atoms with Crippen LogP contribution in [0.3, 0.4) is 0 Å². The van der Waals surface area contributed by atoms with E-state index in [9.17, 15) is 9.59 Å². The smallest absolute Gasteiger partial charge is 0.238 e. The molecule has 6 nitrogen and oxygen atoms in total. The minimum atomic E-state index is -0.311. The normalized spacial score (nSPS) is 17.7. The van der Waals surface area contributed by atoms with E-state index in [4.69, 9.17) is 0 Å². The molecule has 0 spiro atoms. The topological polar surface area (TPSA) is 65.5 Å². The van der Waals surface area contributed by atoms with E-state index in [1.54, 1.807) is 23.3 Å². The predicted molar refractivity (Wildman–Crippen MR) is 107 cm³/mol. The number of aromatic nitrogens is 1. The van der Waals surface area contributed by atoms with Gasteiger partial charge in [0.05, 0.1) is 17.1 Å². The summed E-state index contributed by atoms with van der Waals surface area (Å²) in [7, 11) is 1.65. The van der Waals surface area contributed by atoms with Gasteiger partial charge in [0.25, 0.3) is 0 Å². The van der Waals surface area contributed by atoms with Crippen molar-refractivity contribution < 1.29 is 9.59 Å². The van der Waals surface area contributed by atoms with E-state index in [1.165, 1.54) is 5.56 Å². The van der Waals surface area contributed by atoms with Gasteiger partial charge < -0.3 is 10.2 Å². The number of thiazole rings is 1. The van der Waals surface area contributed by atoms with Gasteiger partial charge in [-0.15, -0.1) is 11.3 Å². The Hall–Kier alpha value is -2.25. The van der Waals surface area contributed by atoms with Gasteiger partial charge in [0.2, 0.25) is 11.8 Å². The number of carbonyl (C=O) groups excluding carboxylic acids is 2. The van der Waals surface area contributed by atoms with Crippen molar-refractivity contribution in [1.82, 2.24) is 20.1 Å². The molecule has 1 aromatic heterocycles. The van der Waals surface area contributed by atoms with Crippen LogP contribution in [0.1, 0.15) is 16.3 Å². The Labute approximate surface area is 164 Å². The van der Waals surface area contributed by atoms with Crippen LogP contribution in [0.25, 0.3) is 0 Å². The summed E-state index contributed by atoms with van der Waals surface area (Å²) in [5, 5.41) is 5.64. The average molecular weight is 387 g/mol. The number of benzene rings is 1. The number of piperazine rings is 1. The summed E-state index contributed by atoms with van der Waals surface area (Å²) >= 11 is 1.55. The van der Waals surface area contributed by atoms with E-state index in [-0.39, 0.29) is 17.9 Å². The monoisotopic (exact) mass is 386 g/mol. The molecule has 1 saturated heterocycles. The Morgan fingerprint density at radius 2 is 2.04 bits per heavy atom. The van der Waals surface area contributed by atoms with Crippen molar-refractivity contribution in [1.29, 1.82) is 0 Å². The van der Waals surface area contributed by atoms with Gasteiger partial charge in [0.1, 0.15) is 6.04 Å². The third-order valence-electron chi connectivity index (χ3n) is 4.92. The van der Waals surface area contributed by atoms with Gasteiger partial charge in [-0.3, -0.25) is 14.5 Å². The first-order valence-electron chi connectivity index (χ1n) is 9.25. The molecule has 27 heavy (non-hydrogen) atoms. The number of nitrogens with one attached hydrogen (secondary N) is 1. The summed E-state index contributed by atoms with van der Waals surface area (Å²) in [4.78, 5) is 33.4. The van der Waals surface area contributed by atoms with E-state index in [0.29, 0.717) is 26.1 Å². The molecule has 1 N–H and O–H groups in total. The fraction of sp³-hybridized carbons (Fsp3) is 0.450. The largest absolute Gasteiger partial charge is 0.358 e. The molecule has 2 aromatic rings. The van der Waals surface area contributed by atoms with Gasteiger partial charge in [-0.25, -0.2) is 4.98 Å². The average Bonchev–Trinajstić information content (AvgIpc) is 3.11. The van der Waals surface area contributed by atoms with E-state index >= 15 is 0 Å². The van der Waals surface area contributed by atoms with E-state index in [2.05, 4.69) is 27.3 Å². The molecular weight excluding hydrogens is 360 g/mol. The lowest BCUT2D eigenvalue weighted by Gasteiger charge is -2.40. The molecular formula is C20H26N4O2S. The lowest BCUT2D eigenvalue weighted by atomic mass is 10.1. The molecule has 1 aliphatic heterocycles. The summed E-state index contributed by atoms with van der Waals surface area (Å²) in [6, 6.07) is 9.96. The summed E-state index contributed by atoms with van der Waals surface area (Å²) in [6.45, 7) is 4.51. The van der Waals surface area contributed by atoms with Crippen LogP contribution in [0.2, 0.25) is 0 Å². The summed E-state index contributed by atoms with van der Waals surface area (Å²) in [5.41, 5.74) is 2.07. The molecule has 1 atom stereocenters. The van der Waals surface area contributed by atoms with E-state index in [1.807, 2.05) is 30.5 Å². The molecule has 1 fully saturated rings. The maximum Gasteiger partial charge on any atom is 0.238 e. The minimum absolute atomic E-state index is 0.0370. The van der Waals surface area contributed by atoms with Crippen LogP contribution in [0.5, 0.6) is 0 Å². The van der Waals surface area contributed by atoms with Crippen molar-refractivity contribution in [2.75, 3.05) is 33.2 Å². The molecule has 0 aliphatic carbocycles. The van der Waals surface area contributed by atoms with Crippen LogP contribution < -0.4 is 5.32 Å². The highest BCUT2D eigenvalue weighted by atomic mass is 32.1. The summed E-state index contributed by atoms with van der Waals surface area (Å²) in [6.07, 6.45) is 1.19. The van der Waals surface area contributed by atoms with Crippen LogP contribution in [-0.2, 0) is 22.4 Å². The van der Waals surface area contributed by atoms with Gasteiger partial charge in [0, 0.05) is 38.6 Å². The van der Waals surface area contributed by atoms with Crippen molar-refractivity contribution in [3.8, 4) is 0 Å². The van der Waals surface area contributed by atoms with Crippen molar-refractivity contribution >= 4 is 23.2 Å². The van der Waals surface area contributed by atoms with Crippen molar-refractivity contribution in [2.45, 2.75) is 25.8 Å². The quantitative estimate of drug-likeness (QED) is 0.817. The zero-order valence-electron chi connectivity index (χ0n) is 15.9. The first kappa shape index (κ1) is 19.5. The number of nitrogens with zero attached hydrogens (tertiary/aromatic N) is 3. The van der Waals surface area contributed by atoms with Gasteiger partial charge in [-0.1, -0.05) is 30.3 Å². The maximum atomic E-state index is 12.7. The molecule has 2 amide bonds. The zero-order valence-corrected chi connectivity index (χ0v) is 16.7. The Bertz CT molecular complexity index is 777. The van der Waals surface area contributed by atoms with Gasteiger partial charge in [-0.2, -0.15) is 0 Å². The second-order valence-corrected chi connectivity index (χ2v) is 7.84. The molecule has 1 aromatic carbocycles. The number of carbonyl (C=O) groups is 2. The van der Waals surface area contributed by atoms with E-state index in [0.717, 1.165) is 23.7 Å². The minimum Gasteiger partial charge on any atom is -0.358 e. The molecule has 0 unspecified atom stereocenters. The van der Waals surface area contributed by atoms with Crippen LogP contribution in [0, 0.1) is 6.92 Å². The van der Waals surface area contributed by atoms with Crippen LogP contribution in [-0.4, -0.2) is 65.9 Å². The molecule has 0 bridgehead atoms. The Kier molecular flexibility index (Phi) is 6.58. The number of rotatable bonds is 6. The SMILES string of the molecule is CNC(=O)[C@H]1CN(C(=O)Cc2csc(C)n2)CCN1CCc1ccccc1. The van der Waals surface area contributed by atoms with Crippen molar-refractivity contribution in [3.63, 3.8) is 0 Å². The fourth-order valence-electron chi connectivity index (χ4n) is 3.40. The standard InChI is InChI=1S/C20H26N4O2S/c1-15-22-17(14-27-15)12-19(25)24-11-10-23(18(13-24)20(26)21-2)9-8-16-6-4-3-5-7-16/h3-7,14,18H,8-13H2,1-2H3,(H,21,26)/t18-/m1/s1. The second kappa shape index (κ2) is 9.10. The molecule has 144 valence electrons. The lowest BCUT2D eigenvalue weighted by Crippen LogP contribution is -2.60. The summed E-state index contributed by atoms with van der Waals surface area (Å²) < 4.78 is 0.